The van der Waals surface area contributed by atoms with E-state index in [0.29, 0.717) is 37.0 Å². The highest BCUT2D eigenvalue weighted by Gasteiger charge is 2.19. The normalized spacial score (nSPS) is 14.7. The summed E-state index contributed by atoms with van der Waals surface area (Å²) in [5.74, 6) is 0.894. The van der Waals surface area contributed by atoms with Gasteiger partial charge in [0, 0.05) is 41.9 Å². The number of hydrogen-bond acceptors (Lipinski definition) is 5. The van der Waals surface area contributed by atoms with Gasteiger partial charge in [0.25, 0.3) is 0 Å². The van der Waals surface area contributed by atoms with Crippen molar-refractivity contribution in [3.05, 3.63) is 53.4 Å². The van der Waals surface area contributed by atoms with Crippen molar-refractivity contribution in [3.8, 4) is 11.5 Å². The third-order valence-corrected chi connectivity index (χ3v) is 5.06. The van der Waals surface area contributed by atoms with Crippen LogP contribution in [0.5, 0.6) is 11.5 Å². The summed E-state index contributed by atoms with van der Waals surface area (Å²) in [5.41, 5.74) is 2.27. The van der Waals surface area contributed by atoms with E-state index in [1.807, 2.05) is 25.1 Å². The predicted octanol–water partition coefficient (Wildman–Crippen LogP) is 5.73. The van der Waals surface area contributed by atoms with E-state index >= 15 is 0 Å². The van der Waals surface area contributed by atoms with Gasteiger partial charge in [-0.15, -0.1) is 0 Å². The SMILES string of the molecule is CCOc1cc2nccc(Nc3ccc(F)c(Cl)c3)c2cc1OC1CCOCC1. The zero-order chi connectivity index (χ0) is 20.2. The molecule has 1 aliphatic heterocycles. The second-order valence-corrected chi connectivity index (χ2v) is 7.20. The molecule has 0 spiro atoms. The number of hydrogen-bond donors (Lipinski definition) is 1. The van der Waals surface area contributed by atoms with E-state index in [1.54, 1.807) is 18.3 Å². The summed E-state index contributed by atoms with van der Waals surface area (Å²) in [6.07, 6.45) is 3.49. The first-order valence-electron chi connectivity index (χ1n) is 9.66. The van der Waals surface area contributed by atoms with Gasteiger partial charge < -0.3 is 19.5 Å². The Morgan fingerprint density at radius 2 is 2.00 bits per heavy atom. The maximum absolute atomic E-state index is 13.5. The Morgan fingerprint density at radius 3 is 2.76 bits per heavy atom. The van der Waals surface area contributed by atoms with E-state index < -0.39 is 5.82 Å². The fraction of sp³-hybridized carbons (Fsp3) is 0.318. The fourth-order valence-electron chi connectivity index (χ4n) is 3.33. The van der Waals surface area contributed by atoms with Crippen molar-refractivity contribution in [1.29, 1.82) is 0 Å². The Bertz CT molecular complexity index is 1010. The average molecular weight is 417 g/mol. The molecule has 29 heavy (non-hydrogen) atoms. The Morgan fingerprint density at radius 1 is 1.17 bits per heavy atom. The lowest BCUT2D eigenvalue weighted by atomic mass is 10.1. The minimum absolute atomic E-state index is 0.0653. The van der Waals surface area contributed by atoms with Gasteiger partial charge in [-0.25, -0.2) is 4.39 Å². The van der Waals surface area contributed by atoms with Gasteiger partial charge in [-0.3, -0.25) is 4.98 Å². The summed E-state index contributed by atoms with van der Waals surface area (Å²) in [6.45, 7) is 3.86. The minimum Gasteiger partial charge on any atom is -0.490 e. The van der Waals surface area contributed by atoms with E-state index in [1.165, 1.54) is 6.07 Å². The van der Waals surface area contributed by atoms with Crippen LogP contribution in [0, 0.1) is 5.82 Å². The van der Waals surface area contributed by atoms with Crippen molar-refractivity contribution in [3.63, 3.8) is 0 Å². The quantitative estimate of drug-likeness (QED) is 0.556. The van der Waals surface area contributed by atoms with Crippen LogP contribution in [0.1, 0.15) is 19.8 Å². The molecule has 1 fully saturated rings. The van der Waals surface area contributed by atoms with Crippen molar-refractivity contribution in [2.24, 2.45) is 0 Å². The molecule has 2 heterocycles. The second-order valence-electron chi connectivity index (χ2n) is 6.79. The number of nitrogens with one attached hydrogen (secondary N) is 1. The first kappa shape index (κ1) is 19.7. The lowest BCUT2D eigenvalue weighted by Gasteiger charge is -2.24. The Labute approximate surface area is 173 Å². The largest absolute Gasteiger partial charge is 0.490 e. The van der Waals surface area contributed by atoms with Gasteiger partial charge in [-0.05, 0) is 37.3 Å². The van der Waals surface area contributed by atoms with Gasteiger partial charge in [-0.2, -0.15) is 0 Å². The van der Waals surface area contributed by atoms with Crippen LogP contribution in [0.3, 0.4) is 0 Å². The maximum Gasteiger partial charge on any atom is 0.163 e. The molecule has 0 saturated carbocycles. The molecule has 7 heteroatoms. The molecule has 0 atom stereocenters. The zero-order valence-corrected chi connectivity index (χ0v) is 16.8. The van der Waals surface area contributed by atoms with Crippen molar-refractivity contribution in [2.75, 3.05) is 25.1 Å². The summed E-state index contributed by atoms with van der Waals surface area (Å²) < 4.78 is 30.9. The van der Waals surface area contributed by atoms with Crippen molar-refractivity contribution in [1.82, 2.24) is 4.98 Å². The zero-order valence-electron chi connectivity index (χ0n) is 16.1. The van der Waals surface area contributed by atoms with Crippen molar-refractivity contribution >= 4 is 33.9 Å². The summed E-state index contributed by atoms with van der Waals surface area (Å²) in [4.78, 5) is 4.46. The molecule has 0 unspecified atom stereocenters. The number of halogens is 2. The van der Waals surface area contributed by atoms with Gasteiger partial charge >= 0.3 is 0 Å². The average Bonchev–Trinajstić information content (AvgIpc) is 2.73. The molecule has 0 radical (unpaired) electrons. The Hall–Kier alpha value is -2.57. The van der Waals surface area contributed by atoms with Crippen LogP contribution < -0.4 is 14.8 Å². The summed E-state index contributed by atoms with van der Waals surface area (Å²) in [7, 11) is 0. The van der Waals surface area contributed by atoms with Gasteiger partial charge in [0.15, 0.2) is 11.5 Å². The number of fused-ring (bicyclic) bond motifs is 1. The first-order chi connectivity index (χ1) is 14.1. The second kappa shape index (κ2) is 8.84. The monoisotopic (exact) mass is 416 g/mol. The van der Waals surface area contributed by atoms with E-state index in [2.05, 4.69) is 10.3 Å². The lowest BCUT2D eigenvalue weighted by molar-refractivity contribution is 0.0244. The molecule has 0 bridgehead atoms. The molecule has 4 rings (SSSR count). The molecular weight excluding hydrogens is 395 g/mol. The molecule has 152 valence electrons. The minimum atomic E-state index is -0.453. The molecule has 0 amide bonds. The van der Waals surface area contributed by atoms with Crippen LogP contribution >= 0.6 is 11.6 Å². The van der Waals surface area contributed by atoms with Crippen LogP contribution in [-0.4, -0.2) is 30.9 Å². The van der Waals surface area contributed by atoms with E-state index in [9.17, 15) is 4.39 Å². The number of aromatic nitrogens is 1. The molecule has 2 aromatic carbocycles. The molecule has 1 N–H and O–H groups in total. The first-order valence-corrected chi connectivity index (χ1v) is 10.0. The van der Waals surface area contributed by atoms with Gasteiger partial charge in [-0.1, -0.05) is 11.6 Å². The van der Waals surface area contributed by atoms with Crippen LogP contribution in [0.2, 0.25) is 5.02 Å². The highest BCUT2D eigenvalue weighted by atomic mass is 35.5. The van der Waals surface area contributed by atoms with Gasteiger partial charge in [0.05, 0.1) is 30.4 Å². The van der Waals surface area contributed by atoms with E-state index in [0.717, 1.165) is 29.4 Å². The van der Waals surface area contributed by atoms with Crippen LogP contribution in [0.15, 0.2) is 42.6 Å². The van der Waals surface area contributed by atoms with Crippen LogP contribution in [0.4, 0.5) is 15.8 Å². The Balaban J connectivity index is 1.71. The molecule has 3 aromatic rings. The lowest BCUT2D eigenvalue weighted by Crippen LogP contribution is -2.26. The topological polar surface area (TPSA) is 52.6 Å². The standard InChI is InChI=1S/C22H22ClFN2O3/c1-2-28-21-13-20-16(12-22(21)29-15-6-9-27-10-7-15)19(5-8-25-20)26-14-3-4-18(24)17(23)11-14/h3-5,8,11-13,15H,2,6-7,9-10H2,1H3,(H,25,26). The number of rotatable bonds is 6. The molecule has 1 aromatic heterocycles. The third kappa shape index (κ3) is 4.54. The van der Waals surface area contributed by atoms with Crippen molar-refractivity contribution in [2.45, 2.75) is 25.9 Å². The van der Waals surface area contributed by atoms with Gasteiger partial charge in [0.2, 0.25) is 0 Å². The molecule has 0 aliphatic carbocycles. The smallest absolute Gasteiger partial charge is 0.163 e. The number of anilines is 2. The summed E-state index contributed by atoms with van der Waals surface area (Å²) >= 11 is 5.91. The molecule has 1 saturated heterocycles. The number of pyridine rings is 1. The van der Waals surface area contributed by atoms with Crippen molar-refractivity contribution < 1.29 is 18.6 Å². The number of ether oxygens (including phenoxy) is 3. The van der Waals surface area contributed by atoms with E-state index in [-0.39, 0.29) is 11.1 Å². The number of benzene rings is 2. The Kier molecular flexibility index (Phi) is 6.02. The molecule has 5 nitrogen and oxygen atoms in total. The highest BCUT2D eigenvalue weighted by molar-refractivity contribution is 6.31. The molecule has 1 aliphatic rings. The maximum atomic E-state index is 13.5. The number of nitrogens with zero attached hydrogens (tertiary/aromatic N) is 1. The van der Waals surface area contributed by atoms with Crippen LogP contribution in [-0.2, 0) is 4.74 Å². The van der Waals surface area contributed by atoms with Gasteiger partial charge in [0.1, 0.15) is 11.9 Å². The highest BCUT2D eigenvalue weighted by Crippen LogP contribution is 2.37. The van der Waals surface area contributed by atoms with E-state index in [4.69, 9.17) is 25.8 Å². The molecular formula is C22H22ClFN2O3. The summed E-state index contributed by atoms with van der Waals surface area (Å²) in [5, 5.41) is 4.23. The van der Waals surface area contributed by atoms with Crippen LogP contribution in [0.25, 0.3) is 10.9 Å². The fourth-order valence-corrected chi connectivity index (χ4v) is 3.51. The summed E-state index contributed by atoms with van der Waals surface area (Å²) in [6, 6.07) is 10.2. The third-order valence-electron chi connectivity index (χ3n) is 4.77. The predicted molar refractivity (Wildman–Crippen MR) is 112 cm³/mol.